The number of hydrogen-bond acceptors (Lipinski definition) is 4. The van der Waals surface area contributed by atoms with Crippen molar-refractivity contribution in [3.63, 3.8) is 0 Å². The number of pyridine rings is 1. The summed E-state index contributed by atoms with van der Waals surface area (Å²) in [5.41, 5.74) is 7.15. The fourth-order valence-electron chi connectivity index (χ4n) is 1.34. The number of nitrogens with zero attached hydrogens (tertiary/aromatic N) is 3. The lowest BCUT2D eigenvalue weighted by Gasteiger charge is -2.05. The van der Waals surface area contributed by atoms with Crippen molar-refractivity contribution in [3.05, 3.63) is 36.3 Å². The molecule has 2 N–H and O–H groups in total. The van der Waals surface area contributed by atoms with E-state index in [-0.39, 0.29) is 0 Å². The lowest BCUT2D eigenvalue weighted by atomic mass is 10.4. The van der Waals surface area contributed by atoms with E-state index in [4.69, 9.17) is 10.5 Å². The molecule has 0 amide bonds. The number of aromatic nitrogens is 3. The maximum absolute atomic E-state index is 5.54. The molecule has 0 fully saturated rings. The van der Waals surface area contributed by atoms with Gasteiger partial charge in [-0.3, -0.25) is 4.68 Å². The van der Waals surface area contributed by atoms with Crippen LogP contribution in [0.3, 0.4) is 0 Å². The van der Waals surface area contributed by atoms with Gasteiger partial charge in [0.2, 0.25) is 5.88 Å². The van der Waals surface area contributed by atoms with Gasteiger partial charge in [-0.2, -0.15) is 5.10 Å². The Labute approximate surface area is 93.9 Å². The molecular formula is C11H14N4O. The second-order valence-corrected chi connectivity index (χ2v) is 3.50. The molecule has 0 bridgehead atoms. The minimum atomic E-state index is 0.525. The van der Waals surface area contributed by atoms with Gasteiger partial charge >= 0.3 is 0 Å². The Bertz CT molecular complexity index is 467. The molecule has 5 nitrogen and oxygen atoms in total. The van der Waals surface area contributed by atoms with Crippen LogP contribution < -0.4 is 10.5 Å². The Balaban J connectivity index is 1.84. The van der Waals surface area contributed by atoms with E-state index in [0.717, 1.165) is 5.69 Å². The van der Waals surface area contributed by atoms with Crippen molar-refractivity contribution in [2.24, 2.45) is 0 Å². The summed E-state index contributed by atoms with van der Waals surface area (Å²) in [6.07, 6.45) is 3.39. The van der Waals surface area contributed by atoms with Crippen LogP contribution in [0.5, 0.6) is 5.88 Å². The maximum Gasteiger partial charge on any atom is 0.213 e. The van der Waals surface area contributed by atoms with Gasteiger partial charge in [0, 0.05) is 18.0 Å². The third-order valence-corrected chi connectivity index (χ3v) is 2.09. The van der Waals surface area contributed by atoms with Crippen LogP contribution in [0.25, 0.3) is 0 Å². The van der Waals surface area contributed by atoms with Gasteiger partial charge in [0.15, 0.2) is 0 Å². The van der Waals surface area contributed by atoms with Crippen molar-refractivity contribution in [1.29, 1.82) is 0 Å². The summed E-state index contributed by atoms with van der Waals surface area (Å²) < 4.78 is 7.23. The standard InChI is InChI=1S/C11H14N4O/c1-9-3-2-4-11(14-9)16-6-5-15-8-10(12)7-13-15/h2-4,7-8H,5-6,12H2,1H3. The summed E-state index contributed by atoms with van der Waals surface area (Å²) in [4.78, 5) is 4.23. The Morgan fingerprint density at radius 3 is 3.00 bits per heavy atom. The van der Waals surface area contributed by atoms with E-state index in [0.29, 0.717) is 24.7 Å². The lowest BCUT2D eigenvalue weighted by molar-refractivity contribution is 0.280. The van der Waals surface area contributed by atoms with Crippen molar-refractivity contribution in [3.8, 4) is 5.88 Å². The summed E-state index contributed by atoms with van der Waals surface area (Å²) >= 11 is 0. The van der Waals surface area contributed by atoms with E-state index in [2.05, 4.69) is 10.1 Å². The van der Waals surface area contributed by atoms with Gasteiger partial charge in [-0.1, -0.05) is 6.07 Å². The molecule has 2 aromatic rings. The minimum absolute atomic E-state index is 0.525. The summed E-state index contributed by atoms with van der Waals surface area (Å²) in [6, 6.07) is 5.69. The quantitative estimate of drug-likeness (QED) is 0.838. The third-order valence-electron chi connectivity index (χ3n) is 2.09. The zero-order valence-electron chi connectivity index (χ0n) is 9.13. The van der Waals surface area contributed by atoms with Gasteiger partial charge in [0.25, 0.3) is 0 Å². The number of ether oxygens (including phenoxy) is 1. The SMILES string of the molecule is Cc1cccc(OCCn2cc(N)cn2)n1. The molecule has 0 saturated heterocycles. The molecule has 0 unspecified atom stereocenters. The summed E-state index contributed by atoms with van der Waals surface area (Å²) in [7, 11) is 0. The Morgan fingerprint density at radius 2 is 2.31 bits per heavy atom. The van der Waals surface area contributed by atoms with Crippen LogP contribution in [-0.4, -0.2) is 21.4 Å². The fourth-order valence-corrected chi connectivity index (χ4v) is 1.34. The highest BCUT2D eigenvalue weighted by molar-refractivity contribution is 5.30. The summed E-state index contributed by atoms with van der Waals surface area (Å²) in [5.74, 6) is 0.639. The van der Waals surface area contributed by atoms with Crippen LogP contribution in [0, 0.1) is 6.92 Å². The maximum atomic E-state index is 5.54. The molecule has 0 spiro atoms. The van der Waals surface area contributed by atoms with E-state index in [1.165, 1.54) is 0 Å². The van der Waals surface area contributed by atoms with Crippen LogP contribution in [0.2, 0.25) is 0 Å². The summed E-state index contributed by atoms with van der Waals surface area (Å²) in [6.45, 7) is 3.12. The average molecular weight is 218 g/mol. The highest BCUT2D eigenvalue weighted by atomic mass is 16.5. The topological polar surface area (TPSA) is 66.0 Å². The molecule has 2 rings (SSSR count). The summed E-state index contributed by atoms with van der Waals surface area (Å²) in [5, 5.41) is 4.06. The fraction of sp³-hybridized carbons (Fsp3) is 0.273. The lowest BCUT2D eigenvalue weighted by Crippen LogP contribution is -2.09. The van der Waals surface area contributed by atoms with Gasteiger partial charge in [0.05, 0.1) is 18.4 Å². The first kappa shape index (κ1) is 10.5. The van der Waals surface area contributed by atoms with Crippen molar-refractivity contribution >= 4 is 5.69 Å². The van der Waals surface area contributed by atoms with Gasteiger partial charge in [-0.25, -0.2) is 4.98 Å². The van der Waals surface area contributed by atoms with Crippen LogP contribution in [-0.2, 0) is 6.54 Å². The Morgan fingerprint density at radius 1 is 1.44 bits per heavy atom. The Hall–Kier alpha value is -2.04. The molecule has 2 heterocycles. The molecular weight excluding hydrogens is 204 g/mol. The molecule has 0 aliphatic rings. The predicted octanol–water partition coefficient (Wildman–Crippen LogP) is 1.25. The van der Waals surface area contributed by atoms with Crippen molar-refractivity contribution in [1.82, 2.24) is 14.8 Å². The normalized spacial score (nSPS) is 10.3. The highest BCUT2D eigenvalue weighted by Crippen LogP contribution is 2.06. The predicted molar refractivity (Wildman–Crippen MR) is 61.1 cm³/mol. The zero-order valence-corrected chi connectivity index (χ0v) is 9.13. The number of hydrogen-bond donors (Lipinski definition) is 1. The highest BCUT2D eigenvalue weighted by Gasteiger charge is 1.97. The van der Waals surface area contributed by atoms with Crippen molar-refractivity contribution in [2.75, 3.05) is 12.3 Å². The molecule has 0 radical (unpaired) electrons. The second-order valence-electron chi connectivity index (χ2n) is 3.50. The van der Waals surface area contributed by atoms with Gasteiger partial charge in [0.1, 0.15) is 6.61 Å². The number of rotatable bonds is 4. The molecule has 5 heteroatoms. The van der Waals surface area contributed by atoms with Crippen LogP contribution in [0.4, 0.5) is 5.69 Å². The number of nitrogen functional groups attached to an aromatic ring is 1. The van der Waals surface area contributed by atoms with Crippen molar-refractivity contribution in [2.45, 2.75) is 13.5 Å². The zero-order chi connectivity index (χ0) is 11.4. The van der Waals surface area contributed by atoms with Crippen LogP contribution in [0.1, 0.15) is 5.69 Å². The number of anilines is 1. The molecule has 0 aliphatic heterocycles. The molecule has 0 atom stereocenters. The number of aryl methyl sites for hydroxylation is 1. The van der Waals surface area contributed by atoms with Crippen LogP contribution >= 0.6 is 0 Å². The molecule has 0 aromatic carbocycles. The van der Waals surface area contributed by atoms with E-state index in [1.54, 1.807) is 17.1 Å². The number of nitrogens with two attached hydrogens (primary N) is 1. The largest absolute Gasteiger partial charge is 0.476 e. The van der Waals surface area contributed by atoms with Crippen LogP contribution in [0.15, 0.2) is 30.6 Å². The third kappa shape index (κ3) is 2.73. The molecule has 16 heavy (non-hydrogen) atoms. The first-order chi connectivity index (χ1) is 7.74. The smallest absolute Gasteiger partial charge is 0.213 e. The Kier molecular flexibility index (Phi) is 3.05. The van der Waals surface area contributed by atoms with E-state index >= 15 is 0 Å². The minimum Gasteiger partial charge on any atom is -0.476 e. The average Bonchev–Trinajstić information content (AvgIpc) is 2.64. The molecule has 84 valence electrons. The van der Waals surface area contributed by atoms with Gasteiger partial charge in [-0.05, 0) is 13.0 Å². The molecule has 2 aromatic heterocycles. The van der Waals surface area contributed by atoms with Gasteiger partial charge < -0.3 is 10.5 Å². The van der Waals surface area contributed by atoms with E-state index < -0.39 is 0 Å². The monoisotopic (exact) mass is 218 g/mol. The van der Waals surface area contributed by atoms with E-state index in [9.17, 15) is 0 Å². The van der Waals surface area contributed by atoms with Gasteiger partial charge in [-0.15, -0.1) is 0 Å². The molecule has 0 saturated carbocycles. The van der Waals surface area contributed by atoms with E-state index in [1.807, 2.05) is 25.1 Å². The van der Waals surface area contributed by atoms with Crippen molar-refractivity contribution < 1.29 is 4.74 Å². The second kappa shape index (κ2) is 4.65. The first-order valence-corrected chi connectivity index (χ1v) is 5.08. The molecule has 0 aliphatic carbocycles. The first-order valence-electron chi connectivity index (χ1n) is 5.08.